The molecule has 0 aliphatic carbocycles. The Kier molecular flexibility index (Phi) is 4.28. The molecule has 9 heteroatoms. The molecule has 0 saturated carbocycles. The lowest BCUT2D eigenvalue weighted by molar-refractivity contribution is -0.163. The Hall–Kier alpha value is -1.68. The van der Waals surface area contributed by atoms with Gasteiger partial charge < -0.3 is 9.57 Å². The molecule has 0 N–H and O–H groups in total. The maximum atomic E-state index is 12.5. The highest BCUT2D eigenvalue weighted by Crippen LogP contribution is 2.26. The van der Waals surface area contributed by atoms with E-state index in [1.165, 1.54) is 21.3 Å². The van der Waals surface area contributed by atoms with Gasteiger partial charge in [0.15, 0.2) is 0 Å². The van der Waals surface area contributed by atoms with Crippen LogP contribution in [0, 0.1) is 0 Å². The Bertz CT molecular complexity index is 685. The maximum absolute atomic E-state index is 12.5. The van der Waals surface area contributed by atoms with Crippen LogP contribution in [-0.2, 0) is 19.6 Å². The lowest BCUT2D eigenvalue weighted by Crippen LogP contribution is -2.59. The number of hydrogen-bond acceptors (Lipinski definition) is 6. The molecule has 2 aliphatic rings. The van der Waals surface area contributed by atoms with Gasteiger partial charge in [-0.2, -0.15) is 9.37 Å². The molecule has 3 rings (SSSR count). The summed E-state index contributed by atoms with van der Waals surface area (Å²) in [6.07, 6.45) is -0.409. The van der Waals surface area contributed by atoms with Gasteiger partial charge in [-0.25, -0.2) is 13.2 Å². The molecule has 0 spiro atoms. The molecule has 0 aromatic heterocycles. The summed E-state index contributed by atoms with van der Waals surface area (Å²) in [6.45, 7) is 1.61. The smallest absolute Gasteiger partial charge is 0.414 e. The van der Waals surface area contributed by atoms with Gasteiger partial charge in [-0.05, 0) is 24.3 Å². The molecular weight excluding hydrogens is 322 g/mol. The summed E-state index contributed by atoms with van der Waals surface area (Å²) in [6, 6.07) is 6.34. The Morgan fingerprint density at radius 3 is 2.43 bits per heavy atom. The van der Waals surface area contributed by atoms with E-state index in [2.05, 4.69) is 0 Å². The van der Waals surface area contributed by atoms with Gasteiger partial charge in [-0.1, -0.05) is 0 Å². The Labute approximate surface area is 135 Å². The highest BCUT2D eigenvalue weighted by atomic mass is 32.2. The van der Waals surface area contributed by atoms with Crippen LogP contribution < -0.4 is 4.90 Å². The average molecular weight is 341 g/mol. The molecule has 2 aliphatic heterocycles. The van der Waals surface area contributed by atoms with E-state index >= 15 is 0 Å². The highest BCUT2D eigenvalue weighted by molar-refractivity contribution is 7.89. The number of carbonyl (C=O) groups is 1. The summed E-state index contributed by atoms with van der Waals surface area (Å²) in [7, 11) is -0.183. The van der Waals surface area contributed by atoms with Crippen molar-refractivity contribution in [1.82, 2.24) is 9.37 Å². The van der Waals surface area contributed by atoms with Crippen LogP contribution in [-0.4, -0.2) is 70.3 Å². The summed E-state index contributed by atoms with van der Waals surface area (Å²) < 4.78 is 31.3. The minimum absolute atomic E-state index is 0.0634. The number of rotatable bonds is 5. The van der Waals surface area contributed by atoms with E-state index in [0.29, 0.717) is 31.9 Å². The SMILES string of the molecule is CON(C)C1CN(S(=O)(=O)c2ccc(N3CCOC3=O)cc2)C1. The zero-order valence-electron chi connectivity index (χ0n) is 13.0. The zero-order chi connectivity index (χ0) is 16.6. The average Bonchev–Trinajstić information content (AvgIpc) is 2.91. The number of cyclic esters (lactones) is 1. The van der Waals surface area contributed by atoms with Crippen LogP contribution in [0.15, 0.2) is 29.2 Å². The largest absolute Gasteiger partial charge is 0.447 e. The van der Waals surface area contributed by atoms with E-state index < -0.39 is 16.1 Å². The van der Waals surface area contributed by atoms with Crippen LogP contribution in [0.2, 0.25) is 0 Å². The van der Waals surface area contributed by atoms with Crippen LogP contribution in [0.5, 0.6) is 0 Å². The normalized spacial score (nSPS) is 20.0. The number of hydroxylamine groups is 2. The van der Waals surface area contributed by atoms with Crippen molar-refractivity contribution in [2.75, 3.05) is 45.3 Å². The van der Waals surface area contributed by atoms with E-state index in [0.717, 1.165) is 0 Å². The fourth-order valence-electron chi connectivity index (χ4n) is 2.57. The van der Waals surface area contributed by atoms with Crippen LogP contribution >= 0.6 is 0 Å². The number of benzene rings is 1. The molecule has 0 atom stereocenters. The molecule has 0 radical (unpaired) electrons. The summed E-state index contributed by atoms with van der Waals surface area (Å²) in [4.78, 5) is 18.3. The lowest BCUT2D eigenvalue weighted by Gasteiger charge is -2.41. The number of sulfonamides is 1. The van der Waals surface area contributed by atoms with Crippen molar-refractivity contribution in [2.24, 2.45) is 0 Å². The first kappa shape index (κ1) is 16.2. The van der Waals surface area contributed by atoms with Crippen LogP contribution in [0.3, 0.4) is 0 Å². The predicted molar refractivity (Wildman–Crippen MR) is 82.5 cm³/mol. The van der Waals surface area contributed by atoms with Gasteiger partial charge >= 0.3 is 6.09 Å². The van der Waals surface area contributed by atoms with Gasteiger partial charge in [0.25, 0.3) is 0 Å². The molecule has 0 bridgehead atoms. The van der Waals surface area contributed by atoms with Crippen molar-refractivity contribution in [3.63, 3.8) is 0 Å². The number of anilines is 1. The number of likely N-dealkylation sites (N-methyl/N-ethyl adjacent to an activating group) is 1. The zero-order valence-corrected chi connectivity index (χ0v) is 13.8. The molecule has 2 fully saturated rings. The van der Waals surface area contributed by atoms with Gasteiger partial charge in [-0.3, -0.25) is 4.90 Å². The standard InChI is InChI=1S/C14H19N3O5S/c1-15(21-2)12-9-16(10-12)23(19,20)13-5-3-11(4-6-13)17-7-8-22-14(17)18/h3-6,12H,7-10H2,1-2H3. The van der Waals surface area contributed by atoms with E-state index in [4.69, 9.17) is 9.57 Å². The van der Waals surface area contributed by atoms with Crippen molar-refractivity contribution in [2.45, 2.75) is 10.9 Å². The first-order valence-corrected chi connectivity index (χ1v) is 8.69. The van der Waals surface area contributed by atoms with Crippen LogP contribution in [0.1, 0.15) is 0 Å². The molecule has 2 saturated heterocycles. The van der Waals surface area contributed by atoms with Gasteiger partial charge in [0.2, 0.25) is 10.0 Å². The summed E-state index contributed by atoms with van der Waals surface area (Å²) in [5, 5.41) is 1.65. The predicted octanol–water partition coefficient (Wildman–Crippen LogP) is 0.509. The van der Waals surface area contributed by atoms with E-state index in [1.54, 1.807) is 31.4 Å². The number of hydrogen-bond donors (Lipinski definition) is 0. The first-order valence-electron chi connectivity index (χ1n) is 7.25. The van der Waals surface area contributed by atoms with Crippen molar-refractivity contribution in [3.8, 4) is 0 Å². The van der Waals surface area contributed by atoms with Crippen molar-refractivity contribution >= 4 is 21.8 Å². The minimum atomic E-state index is -3.51. The topological polar surface area (TPSA) is 79.4 Å². The number of ether oxygens (including phenoxy) is 1. The van der Waals surface area contributed by atoms with E-state index in [1.807, 2.05) is 0 Å². The molecule has 1 amide bonds. The van der Waals surface area contributed by atoms with Crippen LogP contribution in [0.25, 0.3) is 0 Å². The summed E-state index contributed by atoms with van der Waals surface area (Å²) in [5.74, 6) is 0. The molecule has 0 unspecified atom stereocenters. The first-order chi connectivity index (χ1) is 10.9. The second-order valence-electron chi connectivity index (χ2n) is 5.46. The molecule has 1 aromatic rings. The van der Waals surface area contributed by atoms with Crippen molar-refractivity contribution in [3.05, 3.63) is 24.3 Å². The number of amides is 1. The molecule has 23 heavy (non-hydrogen) atoms. The fourth-order valence-corrected chi connectivity index (χ4v) is 4.08. The van der Waals surface area contributed by atoms with E-state index in [9.17, 15) is 13.2 Å². The van der Waals surface area contributed by atoms with Gasteiger partial charge in [-0.15, -0.1) is 0 Å². The Morgan fingerprint density at radius 2 is 1.91 bits per heavy atom. The lowest BCUT2D eigenvalue weighted by atomic mass is 10.2. The quantitative estimate of drug-likeness (QED) is 0.726. The molecule has 126 valence electrons. The van der Waals surface area contributed by atoms with Gasteiger partial charge in [0.1, 0.15) is 6.61 Å². The second-order valence-corrected chi connectivity index (χ2v) is 7.40. The van der Waals surface area contributed by atoms with E-state index in [-0.39, 0.29) is 10.9 Å². The molecule has 8 nitrogen and oxygen atoms in total. The maximum Gasteiger partial charge on any atom is 0.414 e. The Morgan fingerprint density at radius 1 is 1.26 bits per heavy atom. The molecule has 2 heterocycles. The van der Waals surface area contributed by atoms with Crippen molar-refractivity contribution < 1.29 is 22.8 Å². The minimum Gasteiger partial charge on any atom is -0.447 e. The fraction of sp³-hybridized carbons (Fsp3) is 0.500. The highest BCUT2D eigenvalue weighted by Gasteiger charge is 2.39. The third kappa shape index (κ3) is 2.92. The summed E-state index contributed by atoms with van der Waals surface area (Å²) in [5.41, 5.74) is 0.632. The third-order valence-electron chi connectivity index (χ3n) is 4.18. The molecular formula is C14H19N3O5S. The summed E-state index contributed by atoms with van der Waals surface area (Å²) >= 11 is 0. The number of carbonyl (C=O) groups excluding carboxylic acids is 1. The molecule has 1 aromatic carbocycles. The monoisotopic (exact) mass is 341 g/mol. The van der Waals surface area contributed by atoms with Crippen LogP contribution in [0.4, 0.5) is 10.5 Å². The van der Waals surface area contributed by atoms with Gasteiger partial charge in [0.05, 0.1) is 24.6 Å². The Balaban J connectivity index is 1.70. The van der Waals surface area contributed by atoms with Gasteiger partial charge in [0, 0.05) is 25.8 Å². The third-order valence-corrected chi connectivity index (χ3v) is 6.02. The number of nitrogens with zero attached hydrogens (tertiary/aromatic N) is 3. The van der Waals surface area contributed by atoms with Crippen molar-refractivity contribution in [1.29, 1.82) is 0 Å². The second kappa shape index (κ2) is 6.08.